The van der Waals surface area contributed by atoms with Gasteiger partial charge in [0.1, 0.15) is 5.75 Å². The van der Waals surface area contributed by atoms with Crippen LogP contribution in [-0.2, 0) is 4.74 Å². The molecular weight excluding hydrogens is 270 g/mol. The van der Waals surface area contributed by atoms with Crippen molar-refractivity contribution in [2.45, 2.75) is 0 Å². The van der Waals surface area contributed by atoms with E-state index in [1.807, 2.05) is 6.07 Å². The molecule has 1 amide bonds. The normalized spacial score (nSPS) is 9.81. The first-order chi connectivity index (χ1) is 10.2. The van der Waals surface area contributed by atoms with E-state index in [0.717, 1.165) is 0 Å². The van der Waals surface area contributed by atoms with Crippen molar-refractivity contribution in [3.8, 4) is 5.75 Å². The van der Waals surface area contributed by atoms with E-state index in [-0.39, 0.29) is 11.5 Å². The summed E-state index contributed by atoms with van der Waals surface area (Å²) in [6, 6.07) is 13.5. The van der Waals surface area contributed by atoms with Gasteiger partial charge in [0.15, 0.2) is 0 Å². The summed E-state index contributed by atoms with van der Waals surface area (Å²) in [6.45, 7) is 0. The zero-order valence-electron chi connectivity index (χ0n) is 11.8. The summed E-state index contributed by atoms with van der Waals surface area (Å²) >= 11 is 0. The predicted octanol–water partition coefficient (Wildman–Crippen LogP) is 2.73. The summed E-state index contributed by atoms with van der Waals surface area (Å²) in [5, 5.41) is 2.70. The lowest BCUT2D eigenvalue weighted by molar-refractivity contribution is 0.0602. The zero-order valence-corrected chi connectivity index (χ0v) is 11.8. The maximum atomic E-state index is 12.2. The van der Waals surface area contributed by atoms with Crippen LogP contribution in [0, 0.1) is 0 Å². The fourth-order valence-corrected chi connectivity index (χ4v) is 1.83. The molecule has 0 aliphatic carbocycles. The summed E-state index contributed by atoms with van der Waals surface area (Å²) in [5.74, 6) is -0.305. The zero-order chi connectivity index (χ0) is 15.2. The summed E-state index contributed by atoms with van der Waals surface area (Å²) in [7, 11) is 2.80. The number of amides is 1. The number of carbonyl (C=O) groups excluding carboxylic acids is 2. The molecule has 0 radical (unpaired) electrons. The number of methoxy groups -OCH3 is 2. The average Bonchev–Trinajstić information content (AvgIpc) is 2.54. The number of rotatable bonds is 4. The Morgan fingerprint density at radius 1 is 1.00 bits per heavy atom. The Kier molecular flexibility index (Phi) is 4.56. The first-order valence-corrected chi connectivity index (χ1v) is 6.28. The highest BCUT2D eigenvalue weighted by Crippen LogP contribution is 2.24. The molecule has 0 aromatic heterocycles. The third-order valence-electron chi connectivity index (χ3n) is 2.92. The van der Waals surface area contributed by atoms with E-state index in [4.69, 9.17) is 9.47 Å². The Balaban J connectivity index is 2.33. The molecule has 0 saturated carbocycles. The summed E-state index contributed by atoms with van der Waals surface area (Å²) in [6.07, 6.45) is 0. The predicted molar refractivity (Wildman–Crippen MR) is 78.7 cm³/mol. The van der Waals surface area contributed by atoms with Crippen LogP contribution in [0.15, 0.2) is 48.5 Å². The van der Waals surface area contributed by atoms with E-state index in [1.165, 1.54) is 14.2 Å². The van der Waals surface area contributed by atoms with E-state index in [0.29, 0.717) is 17.0 Å². The van der Waals surface area contributed by atoms with Crippen LogP contribution >= 0.6 is 0 Å². The largest absolute Gasteiger partial charge is 0.497 e. The number of nitrogens with one attached hydrogen (secondary N) is 1. The molecule has 0 heterocycles. The van der Waals surface area contributed by atoms with Crippen LogP contribution in [0.1, 0.15) is 20.7 Å². The molecule has 2 rings (SSSR count). The van der Waals surface area contributed by atoms with Gasteiger partial charge in [-0.2, -0.15) is 0 Å². The molecule has 0 atom stereocenters. The minimum atomic E-state index is -0.527. The first-order valence-electron chi connectivity index (χ1n) is 6.28. The molecule has 0 fully saturated rings. The van der Waals surface area contributed by atoms with Crippen molar-refractivity contribution < 1.29 is 19.1 Å². The molecule has 0 aliphatic rings. The van der Waals surface area contributed by atoms with E-state index in [9.17, 15) is 9.59 Å². The number of ether oxygens (including phenoxy) is 2. The molecule has 2 aromatic rings. The Bertz CT molecular complexity index is 653. The maximum Gasteiger partial charge on any atom is 0.339 e. The van der Waals surface area contributed by atoms with Crippen LogP contribution in [0.4, 0.5) is 5.69 Å². The average molecular weight is 285 g/mol. The second kappa shape index (κ2) is 6.56. The number of esters is 1. The molecule has 5 heteroatoms. The fraction of sp³-hybridized carbons (Fsp3) is 0.125. The molecule has 0 aliphatic heterocycles. The van der Waals surface area contributed by atoms with E-state index >= 15 is 0 Å². The minimum absolute atomic E-state index is 0.266. The van der Waals surface area contributed by atoms with E-state index in [2.05, 4.69) is 5.32 Å². The number of anilines is 1. The minimum Gasteiger partial charge on any atom is -0.497 e. The van der Waals surface area contributed by atoms with Crippen molar-refractivity contribution in [2.24, 2.45) is 0 Å². The molecule has 5 nitrogen and oxygen atoms in total. The number of benzene rings is 2. The topological polar surface area (TPSA) is 64.6 Å². The quantitative estimate of drug-likeness (QED) is 0.877. The monoisotopic (exact) mass is 285 g/mol. The molecule has 1 N–H and O–H groups in total. The molecule has 0 unspecified atom stereocenters. The van der Waals surface area contributed by atoms with Gasteiger partial charge in [0.05, 0.1) is 25.5 Å². The molecule has 0 spiro atoms. The summed E-state index contributed by atoms with van der Waals surface area (Å²) < 4.78 is 9.81. The van der Waals surface area contributed by atoms with Crippen molar-refractivity contribution in [2.75, 3.05) is 19.5 Å². The number of carbonyl (C=O) groups is 2. The molecule has 0 saturated heterocycles. The van der Waals surface area contributed by atoms with Gasteiger partial charge >= 0.3 is 5.97 Å². The lowest BCUT2D eigenvalue weighted by atomic mass is 10.1. The molecular formula is C16H15NO4. The second-order valence-electron chi connectivity index (χ2n) is 4.22. The number of hydrogen-bond donors (Lipinski definition) is 1. The molecule has 108 valence electrons. The van der Waals surface area contributed by atoms with Crippen molar-refractivity contribution in [3.63, 3.8) is 0 Å². The van der Waals surface area contributed by atoms with Gasteiger partial charge in [-0.3, -0.25) is 4.79 Å². The highest BCUT2D eigenvalue weighted by molar-refractivity contribution is 6.08. The van der Waals surface area contributed by atoms with Crippen LogP contribution in [0.25, 0.3) is 0 Å². The third-order valence-corrected chi connectivity index (χ3v) is 2.92. The maximum absolute atomic E-state index is 12.2. The van der Waals surface area contributed by atoms with Gasteiger partial charge in [-0.05, 0) is 24.3 Å². The van der Waals surface area contributed by atoms with Crippen molar-refractivity contribution in [1.82, 2.24) is 0 Å². The van der Waals surface area contributed by atoms with Gasteiger partial charge < -0.3 is 14.8 Å². The highest BCUT2D eigenvalue weighted by atomic mass is 16.5. The van der Waals surface area contributed by atoms with Crippen LogP contribution < -0.4 is 10.1 Å². The second-order valence-corrected chi connectivity index (χ2v) is 4.22. The lowest BCUT2D eigenvalue weighted by Crippen LogP contribution is -2.15. The van der Waals surface area contributed by atoms with Crippen LogP contribution in [0.5, 0.6) is 5.75 Å². The smallest absolute Gasteiger partial charge is 0.339 e. The van der Waals surface area contributed by atoms with Crippen molar-refractivity contribution in [3.05, 3.63) is 59.7 Å². The Hall–Kier alpha value is -2.82. The van der Waals surface area contributed by atoms with E-state index < -0.39 is 5.97 Å². The summed E-state index contributed by atoms with van der Waals surface area (Å²) in [4.78, 5) is 23.9. The molecule has 2 aromatic carbocycles. The van der Waals surface area contributed by atoms with Crippen LogP contribution in [0.3, 0.4) is 0 Å². The van der Waals surface area contributed by atoms with Crippen LogP contribution in [-0.4, -0.2) is 26.1 Å². The Morgan fingerprint density at radius 3 is 2.33 bits per heavy atom. The standard InChI is InChI=1S/C16H15NO4/c1-20-12-8-9-13(16(19)21-2)14(10-12)17-15(18)11-6-4-3-5-7-11/h3-10H,1-2H3,(H,17,18). The van der Waals surface area contributed by atoms with Gasteiger partial charge in [0.2, 0.25) is 0 Å². The Morgan fingerprint density at radius 2 is 1.71 bits per heavy atom. The fourth-order valence-electron chi connectivity index (χ4n) is 1.83. The molecule has 0 bridgehead atoms. The van der Waals surface area contributed by atoms with Gasteiger partial charge in [-0.1, -0.05) is 18.2 Å². The van der Waals surface area contributed by atoms with Gasteiger partial charge in [-0.25, -0.2) is 4.79 Å². The lowest BCUT2D eigenvalue weighted by Gasteiger charge is -2.11. The number of hydrogen-bond acceptors (Lipinski definition) is 4. The third kappa shape index (κ3) is 3.39. The molecule has 21 heavy (non-hydrogen) atoms. The van der Waals surface area contributed by atoms with Crippen molar-refractivity contribution >= 4 is 17.6 Å². The van der Waals surface area contributed by atoms with Crippen LogP contribution in [0.2, 0.25) is 0 Å². The van der Waals surface area contributed by atoms with Gasteiger partial charge in [-0.15, -0.1) is 0 Å². The summed E-state index contributed by atoms with van der Waals surface area (Å²) in [5.41, 5.74) is 1.11. The Labute approximate surface area is 122 Å². The van der Waals surface area contributed by atoms with Gasteiger partial charge in [0.25, 0.3) is 5.91 Å². The highest BCUT2D eigenvalue weighted by Gasteiger charge is 2.15. The first kappa shape index (κ1) is 14.6. The van der Waals surface area contributed by atoms with Crippen molar-refractivity contribution in [1.29, 1.82) is 0 Å². The SMILES string of the molecule is COC(=O)c1ccc(OC)cc1NC(=O)c1ccccc1. The van der Waals surface area contributed by atoms with Gasteiger partial charge in [0, 0.05) is 11.6 Å². The van der Waals surface area contributed by atoms with E-state index in [1.54, 1.807) is 42.5 Å².